The zero-order chi connectivity index (χ0) is 29.0. The molecular formula is C28H46N4O5. The van der Waals surface area contributed by atoms with Gasteiger partial charge in [-0.15, -0.1) is 0 Å². The molecule has 0 bridgehead atoms. The molecular weight excluding hydrogens is 472 g/mol. The molecule has 3 rings (SSSR count). The third-order valence-corrected chi connectivity index (χ3v) is 8.22. The lowest BCUT2D eigenvalue weighted by Gasteiger charge is -2.38. The number of nitrogens with one attached hydrogen (secondary N) is 3. The van der Waals surface area contributed by atoms with Gasteiger partial charge in [-0.05, 0) is 55.8 Å². The fourth-order valence-corrected chi connectivity index (χ4v) is 5.76. The lowest BCUT2D eigenvalue weighted by Crippen LogP contribution is -2.62. The summed E-state index contributed by atoms with van der Waals surface area (Å²) in [5.74, 6) is -2.64. The van der Waals surface area contributed by atoms with Gasteiger partial charge >= 0.3 is 6.03 Å². The predicted molar refractivity (Wildman–Crippen MR) is 141 cm³/mol. The van der Waals surface area contributed by atoms with Gasteiger partial charge in [0.05, 0.1) is 7.39 Å². The number of urea groups is 1. The number of piperidine rings is 1. The number of hydrogen-bond acceptors (Lipinski definition) is 5. The molecule has 9 heteroatoms. The molecule has 0 spiro atoms. The Morgan fingerprint density at radius 3 is 2.08 bits per heavy atom. The Morgan fingerprint density at radius 1 is 1.03 bits per heavy atom. The van der Waals surface area contributed by atoms with Crippen LogP contribution in [0.25, 0.3) is 0 Å². The van der Waals surface area contributed by atoms with Gasteiger partial charge in [0.15, 0.2) is 5.78 Å². The van der Waals surface area contributed by atoms with Crippen LogP contribution < -0.4 is 16.0 Å². The summed E-state index contributed by atoms with van der Waals surface area (Å²) in [6.07, 6.45) is 2.77. The smallest absolute Gasteiger partial charge is 0.315 e. The Bertz CT molecular complexity index is 1010. The van der Waals surface area contributed by atoms with Crippen LogP contribution in [0.2, 0.25) is 0 Å². The molecule has 0 radical (unpaired) electrons. The zero-order valence-electron chi connectivity index (χ0n) is 24.9. The summed E-state index contributed by atoms with van der Waals surface area (Å²) in [4.78, 5) is 66.8. The first kappa shape index (κ1) is 27.6. The maximum absolute atomic E-state index is 14.0. The number of rotatable bonds is 8. The van der Waals surface area contributed by atoms with Crippen LogP contribution in [0.1, 0.15) is 89.4 Å². The minimum Gasteiger partial charge on any atom is -0.344 e. The number of amides is 4. The van der Waals surface area contributed by atoms with Crippen molar-refractivity contribution in [3.8, 4) is 0 Å². The van der Waals surface area contributed by atoms with Crippen molar-refractivity contribution in [2.45, 2.75) is 112 Å². The third kappa shape index (κ3) is 6.34. The van der Waals surface area contributed by atoms with E-state index in [1.807, 2.05) is 55.4 Å². The molecule has 1 aliphatic heterocycles. The standard InChI is InChI=1S/C28H46N4O5/c1-15(33)21(34)18(13-16-11-10-12-16)29-23(35)20-19-17(28(19,8)9)14-32(20)24(36)22(26(2,3)4)30-25(37)31-27(5,6)7/h16-20,22H,10-14H2,1-9H3,(H,29,35)(H2,30,31,37)/t17-,18-,19-,20-,22+/m0/s1/i18D. The van der Waals surface area contributed by atoms with E-state index in [4.69, 9.17) is 1.37 Å². The van der Waals surface area contributed by atoms with E-state index in [0.717, 1.165) is 26.2 Å². The van der Waals surface area contributed by atoms with E-state index >= 15 is 0 Å². The lowest BCUT2D eigenvalue weighted by molar-refractivity contribution is -0.145. The molecule has 3 fully saturated rings. The van der Waals surface area contributed by atoms with E-state index in [1.54, 1.807) is 0 Å². The van der Waals surface area contributed by atoms with Crippen molar-refractivity contribution in [2.24, 2.45) is 28.6 Å². The van der Waals surface area contributed by atoms with Crippen molar-refractivity contribution in [1.29, 1.82) is 0 Å². The maximum Gasteiger partial charge on any atom is 0.315 e. The fourth-order valence-electron chi connectivity index (χ4n) is 5.76. The van der Waals surface area contributed by atoms with E-state index in [0.29, 0.717) is 6.54 Å². The van der Waals surface area contributed by atoms with E-state index in [-0.39, 0.29) is 35.5 Å². The number of ketones is 2. The summed E-state index contributed by atoms with van der Waals surface area (Å²) >= 11 is 0. The second-order valence-electron chi connectivity index (χ2n) is 13.9. The highest BCUT2D eigenvalue weighted by Crippen LogP contribution is 2.65. The van der Waals surface area contributed by atoms with Crippen molar-refractivity contribution in [3.05, 3.63) is 0 Å². The summed E-state index contributed by atoms with van der Waals surface area (Å²) in [7, 11) is 0. The molecule has 4 amide bonds. The van der Waals surface area contributed by atoms with Crippen molar-refractivity contribution in [2.75, 3.05) is 6.54 Å². The number of carbonyl (C=O) groups is 5. The minimum absolute atomic E-state index is 0.0778. The van der Waals surface area contributed by atoms with Gasteiger partial charge < -0.3 is 20.9 Å². The Kier molecular flexibility index (Phi) is 7.47. The molecule has 1 saturated heterocycles. The lowest BCUT2D eigenvalue weighted by atomic mass is 9.79. The van der Waals surface area contributed by atoms with E-state index in [9.17, 15) is 24.0 Å². The van der Waals surface area contributed by atoms with Gasteiger partial charge in [0, 0.05) is 19.0 Å². The first-order chi connectivity index (χ1) is 17.2. The Hall–Kier alpha value is -2.45. The Balaban J connectivity index is 1.88. The monoisotopic (exact) mass is 519 g/mol. The van der Waals surface area contributed by atoms with Gasteiger partial charge in [-0.1, -0.05) is 53.9 Å². The van der Waals surface area contributed by atoms with Crippen molar-refractivity contribution < 1.29 is 25.3 Å². The summed E-state index contributed by atoms with van der Waals surface area (Å²) in [6, 6.07) is -4.34. The highest BCUT2D eigenvalue weighted by Gasteiger charge is 2.70. The van der Waals surface area contributed by atoms with Crippen LogP contribution in [-0.4, -0.2) is 64.5 Å². The van der Waals surface area contributed by atoms with Crippen LogP contribution in [0.15, 0.2) is 0 Å². The van der Waals surface area contributed by atoms with Crippen LogP contribution in [0.3, 0.4) is 0 Å². The van der Waals surface area contributed by atoms with Crippen LogP contribution in [-0.2, 0) is 19.2 Å². The molecule has 0 aromatic carbocycles. The highest BCUT2D eigenvalue weighted by atomic mass is 16.2. The van der Waals surface area contributed by atoms with Gasteiger partial charge in [-0.25, -0.2) is 4.79 Å². The van der Waals surface area contributed by atoms with Gasteiger partial charge in [0.25, 0.3) is 0 Å². The van der Waals surface area contributed by atoms with Gasteiger partial charge in [-0.3, -0.25) is 19.2 Å². The zero-order valence-corrected chi connectivity index (χ0v) is 23.9. The highest BCUT2D eigenvalue weighted by molar-refractivity contribution is 6.38. The minimum atomic E-state index is -2.06. The second kappa shape index (κ2) is 10.0. The summed E-state index contributed by atoms with van der Waals surface area (Å²) < 4.78 is 8.86. The molecule has 0 unspecified atom stereocenters. The van der Waals surface area contributed by atoms with Crippen LogP contribution in [0.4, 0.5) is 4.79 Å². The molecule has 208 valence electrons. The quantitative estimate of drug-likeness (QED) is 0.425. The Morgan fingerprint density at radius 2 is 1.62 bits per heavy atom. The second-order valence-corrected chi connectivity index (χ2v) is 13.9. The first-order valence-corrected chi connectivity index (χ1v) is 13.5. The molecule has 1 heterocycles. The van der Waals surface area contributed by atoms with Crippen LogP contribution >= 0.6 is 0 Å². The van der Waals surface area contributed by atoms with Gasteiger partial charge in [-0.2, -0.15) is 0 Å². The number of fused-ring (bicyclic) bond motifs is 1. The molecule has 0 aromatic heterocycles. The maximum atomic E-state index is 14.0. The van der Waals surface area contributed by atoms with Crippen molar-refractivity contribution in [3.63, 3.8) is 0 Å². The van der Waals surface area contributed by atoms with Crippen molar-refractivity contribution in [1.82, 2.24) is 20.9 Å². The third-order valence-electron chi connectivity index (χ3n) is 8.22. The molecule has 3 N–H and O–H groups in total. The van der Waals surface area contributed by atoms with Gasteiger partial charge in [0.1, 0.15) is 12.1 Å². The number of nitrogens with zero attached hydrogens (tertiary/aromatic N) is 1. The summed E-state index contributed by atoms with van der Waals surface area (Å²) in [5, 5.41) is 8.24. The molecule has 0 aromatic rings. The van der Waals surface area contributed by atoms with E-state index in [2.05, 4.69) is 16.0 Å². The fraction of sp³-hybridized carbons (Fsp3) is 0.821. The normalized spacial score (nSPS) is 27.5. The molecule has 37 heavy (non-hydrogen) atoms. The van der Waals surface area contributed by atoms with Crippen molar-refractivity contribution >= 4 is 29.4 Å². The Labute approximate surface area is 222 Å². The summed E-state index contributed by atoms with van der Waals surface area (Å²) in [5.41, 5.74) is -1.33. The SMILES string of the molecule is [2H][C@@](CC1CCC1)(NC(=O)[C@@H]1[C@@H]2[C@H](CN1C(=O)[C@@H](NC(=O)NC(C)(C)C)C(C)(C)C)C2(C)C)C(=O)C(C)=O. The molecule has 2 aliphatic carbocycles. The predicted octanol–water partition coefficient (Wildman–Crippen LogP) is 2.81. The average Bonchev–Trinajstić information content (AvgIpc) is 3.06. The summed E-state index contributed by atoms with van der Waals surface area (Å²) in [6.45, 7) is 16.6. The van der Waals surface area contributed by atoms with Gasteiger partial charge in [0.2, 0.25) is 17.6 Å². The molecule has 9 nitrogen and oxygen atoms in total. The van der Waals surface area contributed by atoms with Crippen LogP contribution in [0.5, 0.6) is 0 Å². The molecule has 2 saturated carbocycles. The van der Waals surface area contributed by atoms with Crippen LogP contribution in [0, 0.1) is 28.6 Å². The molecule has 3 aliphatic rings. The molecule has 5 atom stereocenters. The number of carbonyl (C=O) groups excluding carboxylic acids is 5. The number of hydrogen-bond donors (Lipinski definition) is 3. The average molecular weight is 520 g/mol. The topological polar surface area (TPSA) is 125 Å². The van der Waals surface area contributed by atoms with E-state index in [1.165, 1.54) is 4.90 Å². The largest absolute Gasteiger partial charge is 0.344 e. The first-order valence-electron chi connectivity index (χ1n) is 14.0. The van der Waals surface area contributed by atoms with E-state index < -0.39 is 52.6 Å². The number of likely N-dealkylation sites (tertiary alicyclic amines) is 1. The number of Topliss-reactive ketones (excluding diaryl/α,β-unsaturated/α-hetero) is 2.